The SMILES string of the molecule is BrC1C2CCC1C(I)C2. The molecule has 4 unspecified atom stereocenters. The van der Waals surface area contributed by atoms with Gasteiger partial charge < -0.3 is 0 Å². The van der Waals surface area contributed by atoms with Gasteiger partial charge in [0.05, 0.1) is 0 Å². The number of halogens is 2. The third-order valence-electron chi connectivity index (χ3n) is 2.72. The highest BCUT2D eigenvalue weighted by molar-refractivity contribution is 14.1. The number of fused-ring (bicyclic) bond motifs is 2. The van der Waals surface area contributed by atoms with Crippen molar-refractivity contribution in [3.05, 3.63) is 0 Å². The number of hydrogen-bond acceptors (Lipinski definition) is 0. The summed E-state index contributed by atoms with van der Waals surface area (Å²) in [6, 6.07) is 0. The summed E-state index contributed by atoms with van der Waals surface area (Å²) >= 11 is 6.38. The molecule has 0 heterocycles. The van der Waals surface area contributed by atoms with Gasteiger partial charge in [0.25, 0.3) is 0 Å². The van der Waals surface area contributed by atoms with Crippen molar-refractivity contribution >= 4 is 38.5 Å². The topological polar surface area (TPSA) is 0 Å². The van der Waals surface area contributed by atoms with Gasteiger partial charge in [-0.2, -0.15) is 0 Å². The minimum atomic E-state index is 0.874. The molecule has 0 radical (unpaired) electrons. The second-order valence-electron chi connectivity index (χ2n) is 3.20. The summed E-state index contributed by atoms with van der Waals surface area (Å²) in [4.78, 5) is 0.874. The lowest BCUT2D eigenvalue weighted by Gasteiger charge is -2.13. The van der Waals surface area contributed by atoms with Crippen LogP contribution in [0.4, 0.5) is 0 Å². The molecule has 2 bridgehead atoms. The zero-order valence-corrected chi connectivity index (χ0v) is 8.93. The lowest BCUT2D eigenvalue weighted by Crippen LogP contribution is -2.10. The van der Waals surface area contributed by atoms with E-state index in [4.69, 9.17) is 0 Å². The highest BCUT2D eigenvalue weighted by Crippen LogP contribution is 2.51. The summed E-state index contributed by atoms with van der Waals surface area (Å²) in [6.45, 7) is 0. The molecule has 2 rings (SSSR count). The van der Waals surface area contributed by atoms with E-state index in [0.717, 1.165) is 20.6 Å². The second kappa shape index (κ2) is 2.36. The number of rotatable bonds is 0. The Balaban J connectivity index is 2.16. The van der Waals surface area contributed by atoms with E-state index in [2.05, 4.69) is 38.5 Å². The Kier molecular flexibility index (Phi) is 1.81. The molecule has 2 saturated carbocycles. The summed E-state index contributed by atoms with van der Waals surface area (Å²) in [5.74, 6) is 2.03. The summed E-state index contributed by atoms with van der Waals surface area (Å²) in [5.41, 5.74) is 0. The average molecular weight is 301 g/mol. The zero-order valence-electron chi connectivity index (χ0n) is 5.19. The molecule has 0 aromatic rings. The summed E-state index contributed by atoms with van der Waals surface area (Å²) in [5, 5.41) is 0. The second-order valence-corrected chi connectivity index (χ2v) is 5.85. The van der Waals surface area contributed by atoms with E-state index in [0.29, 0.717) is 0 Å². The highest BCUT2D eigenvalue weighted by Gasteiger charge is 2.45. The molecule has 52 valence electrons. The van der Waals surface area contributed by atoms with Crippen LogP contribution >= 0.6 is 38.5 Å². The maximum Gasteiger partial charge on any atom is 0.0212 e. The van der Waals surface area contributed by atoms with E-state index < -0.39 is 0 Å². The van der Waals surface area contributed by atoms with Gasteiger partial charge in [0.15, 0.2) is 0 Å². The molecule has 2 aliphatic carbocycles. The average Bonchev–Trinajstić information content (AvgIpc) is 2.25. The van der Waals surface area contributed by atoms with E-state index in [9.17, 15) is 0 Å². The van der Waals surface area contributed by atoms with Crippen molar-refractivity contribution in [1.82, 2.24) is 0 Å². The van der Waals surface area contributed by atoms with Crippen molar-refractivity contribution in [2.24, 2.45) is 11.8 Å². The molecule has 0 N–H and O–H groups in total. The molecule has 0 aromatic heterocycles. The van der Waals surface area contributed by atoms with Crippen LogP contribution in [-0.4, -0.2) is 8.75 Å². The van der Waals surface area contributed by atoms with Gasteiger partial charge in [-0.15, -0.1) is 0 Å². The monoisotopic (exact) mass is 300 g/mol. The third kappa shape index (κ3) is 0.971. The Morgan fingerprint density at radius 2 is 2.11 bits per heavy atom. The van der Waals surface area contributed by atoms with E-state index in [1.165, 1.54) is 19.3 Å². The maximum atomic E-state index is 3.77. The van der Waals surface area contributed by atoms with Crippen LogP contribution in [0.3, 0.4) is 0 Å². The minimum absolute atomic E-state index is 0.874. The van der Waals surface area contributed by atoms with Gasteiger partial charge in [0.1, 0.15) is 0 Å². The van der Waals surface area contributed by atoms with Crippen LogP contribution in [0.15, 0.2) is 0 Å². The van der Waals surface area contributed by atoms with Gasteiger partial charge in [-0.25, -0.2) is 0 Å². The first kappa shape index (κ1) is 6.89. The largest absolute Gasteiger partial charge is 0.0884 e. The Morgan fingerprint density at radius 1 is 1.33 bits per heavy atom. The Morgan fingerprint density at radius 3 is 2.33 bits per heavy atom. The van der Waals surface area contributed by atoms with Crippen molar-refractivity contribution in [3.8, 4) is 0 Å². The van der Waals surface area contributed by atoms with Crippen LogP contribution in [-0.2, 0) is 0 Å². The summed E-state index contributed by atoms with van der Waals surface area (Å²) in [7, 11) is 0. The van der Waals surface area contributed by atoms with Crippen LogP contribution in [0.2, 0.25) is 0 Å². The Hall–Kier alpha value is 1.21. The van der Waals surface area contributed by atoms with Crippen molar-refractivity contribution in [2.45, 2.75) is 28.0 Å². The quantitative estimate of drug-likeness (QED) is 0.477. The summed E-state index contributed by atoms with van der Waals surface area (Å²) < 4.78 is 0.978. The molecule has 9 heavy (non-hydrogen) atoms. The first-order valence-corrected chi connectivity index (χ1v) is 5.73. The van der Waals surface area contributed by atoms with Crippen molar-refractivity contribution in [1.29, 1.82) is 0 Å². The van der Waals surface area contributed by atoms with Crippen molar-refractivity contribution in [3.63, 3.8) is 0 Å². The van der Waals surface area contributed by atoms with Crippen molar-refractivity contribution < 1.29 is 0 Å². The van der Waals surface area contributed by atoms with Crippen LogP contribution in [0, 0.1) is 11.8 Å². The van der Waals surface area contributed by atoms with Gasteiger partial charge in [-0.05, 0) is 31.1 Å². The fourth-order valence-electron chi connectivity index (χ4n) is 2.17. The third-order valence-corrected chi connectivity index (χ3v) is 5.58. The molecular weight excluding hydrogens is 291 g/mol. The number of hydrogen-bond donors (Lipinski definition) is 0. The Bertz CT molecular complexity index is 126. The van der Waals surface area contributed by atoms with E-state index in [-0.39, 0.29) is 0 Å². The first-order chi connectivity index (χ1) is 4.29. The van der Waals surface area contributed by atoms with Crippen LogP contribution < -0.4 is 0 Å². The molecule has 0 nitrogen and oxygen atoms in total. The lowest BCUT2D eigenvalue weighted by molar-refractivity contribution is 0.503. The minimum Gasteiger partial charge on any atom is -0.0884 e. The van der Waals surface area contributed by atoms with Crippen LogP contribution in [0.25, 0.3) is 0 Å². The molecule has 0 aromatic carbocycles. The van der Waals surface area contributed by atoms with Crippen molar-refractivity contribution in [2.75, 3.05) is 0 Å². The molecule has 0 spiro atoms. The summed E-state index contributed by atoms with van der Waals surface area (Å²) in [6.07, 6.45) is 4.44. The van der Waals surface area contributed by atoms with Crippen LogP contribution in [0.5, 0.6) is 0 Å². The standard InChI is InChI=1S/C7H10BrI/c8-7-4-1-2-5(7)6(9)3-4/h4-7H,1-3H2. The predicted molar refractivity (Wildman–Crippen MR) is 51.4 cm³/mol. The fourth-order valence-corrected chi connectivity index (χ4v) is 5.31. The zero-order chi connectivity index (χ0) is 6.43. The lowest BCUT2D eigenvalue weighted by atomic mass is 10.0. The predicted octanol–water partition coefficient (Wildman–Crippen LogP) is 2.98. The normalized spacial score (nSPS) is 56.7. The molecule has 0 amide bonds. The van der Waals surface area contributed by atoms with E-state index >= 15 is 0 Å². The maximum absolute atomic E-state index is 3.77. The molecule has 2 aliphatic rings. The van der Waals surface area contributed by atoms with Gasteiger partial charge >= 0.3 is 0 Å². The fraction of sp³-hybridized carbons (Fsp3) is 1.00. The molecule has 0 saturated heterocycles. The number of alkyl halides is 2. The van der Waals surface area contributed by atoms with Gasteiger partial charge in [-0.1, -0.05) is 38.5 Å². The van der Waals surface area contributed by atoms with Gasteiger partial charge in [0, 0.05) is 8.75 Å². The molecule has 2 heteroatoms. The van der Waals surface area contributed by atoms with Gasteiger partial charge in [-0.3, -0.25) is 0 Å². The first-order valence-electron chi connectivity index (χ1n) is 3.57. The van der Waals surface area contributed by atoms with E-state index in [1.807, 2.05) is 0 Å². The molecular formula is C7H10BrI. The highest BCUT2D eigenvalue weighted by atomic mass is 127. The molecule has 4 atom stereocenters. The molecule has 2 fully saturated rings. The van der Waals surface area contributed by atoms with Gasteiger partial charge in [0.2, 0.25) is 0 Å². The molecule has 0 aliphatic heterocycles. The smallest absolute Gasteiger partial charge is 0.0212 e. The van der Waals surface area contributed by atoms with E-state index in [1.54, 1.807) is 0 Å². The Labute approximate surface area is 78.0 Å². The van der Waals surface area contributed by atoms with Crippen LogP contribution in [0.1, 0.15) is 19.3 Å².